The van der Waals surface area contributed by atoms with Crippen molar-refractivity contribution >= 4 is 24.2 Å². The van der Waals surface area contributed by atoms with E-state index in [-0.39, 0.29) is 5.02 Å². The van der Waals surface area contributed by atoms with Crippen molar-refractivity contribution < 1.29 is 13.7 Å². The minimum atomic E-state index is -0.495. The van der Waals surface area contributed by atoms with E-state index in [9.17, 15) is 4.39 Å². The number of benzene rings is 1. The molecule has 0 spiro atoms. The predicted octanol–water partition coefficient (Wildman–Crippen LogP) is 3.59. The van der Waals surface area contributed by atoms with E-state index in [4.69, 9.17) is 26.0 Å². The second kappa shape index (κ2) is 5.56. The van der Waals surface area contributed by atoms with Crippen LogP contribution < -0.4 is 5.46 Å². The Balaban J connectivity index is 1.84. The molecule has 0 amide bonds. The predicted molar refractivity (Wildman–Crippen MR) is 96.7 cm³/mol. The zero-order valence-corrected chi connectivity index (χ0v) is 15.7. The Morgan fingerprint density at radius 2 is 1.88 bits per heavy atom. The van der Waals surface area contributed by atoms with Gasteiger partial charge in [-0.2, -0.15) is 5.10 Å². The summed E-state index contributed by atoms with van der Waals surface area (Å²) >= 11 is 5.99. The minimum Gasteiger partial charge on any atom is -0.399 e. The summed E-state index contributed by atoms with van der Waals surface area (Å²) in [5.74, 6) is -0.436. The van der Waals surface area contributed by atoms with Crippen molar-refractivity contribution in [3.8, 4) is 11.3 Å². The first-order valence-corrected chi connectivity index (χ1v) is 8.98. The van der Waals surface area contributed by atoms with Gasteiger partial charge in [-0.15, -0.1) is 0 Å². The van der Waals surface area contributed by atoms with Crippen LogP contribution in [0, 0.1) is 5.82 Å². The Bertz CT molecular complexity index is 834. The Hall–Kier alpha value is -1.37. The normalized spacial score (nSPS) is 21.0. The molecule has 2 aliphatic heterocycles. The zero-order valence-electron chi connectivity index (χ0n) is 14.9. The van der Waals surface area contributed by atoms with Gasteiger partial charge < -0.3 is 9.31 Å². The summed E-state index contributed by atoms with van der Waals surface area (Å²) in [6.07, 6.45) is 1.99. The average Bonchev–Trinajstić information content (AvgIpc) is 3.13. The molecule has 0 aliphatic carbocycles. The number of fused-ring (bicyclic) bond motifs is 1. The summed E-state index contributed by atoms with van der Waals surface area (Å²) in [6.45, 7) is 9.00. The van der Waals surface area contributed by atoms with E-state index in [2.05, 4.69) is 0 Å². The van der Waals surface area contributed by atoms with Gasteiger partial charge in [0.25, 0.3) is 0 Å². The van der Waals surface area contributed by atoms with Gasteiger partial charge in [0.05, 0.1) is 21.9 Å². The van der Waals surface area contributed by atoms with E-state index in [0.29, 0.717) is 0 Å². The Labute approximate surface area is 152 Å². The van der Waals surface area contributed by atoms with Crippen molar-refractivity contribution in [1.82, 2.24) is 9.78 Å². The second-order valence-corrected chi connectivity index (χ2v) is 8.16. The van der Waals surface area contributed by atoms with Crippen LogP contribution in [0.2, 0.25) is 5.02 Å². The van der Waals surface area contributed by atoms with Crippen LogP contribution in [0.1, 0.15) is 39.8 Å². The summed E-state index contributed by atoms with van der Waals surface area (Å²) in [5, 5.41) is 4.84. The Kier molecular flexibility index (Phi) is 3.80. The van der Waals surface area contributed by atoms with E-state index in [1.165, 1.54) is 6.07 Å². The number of hydrogen-bond donors (Lipinski definition) is 0. The van der Waals surface area contributed by atoms with Gasteiger partial charge >= 0.3 is 7.12 Å². The maximum atomic E-state index is 13.6. The molecule has 0 N–H and O–H groups in total. The molecule has 4 nitrogen and oxygen atoms in total. The first kappa shape index (κ1) is 17.1. The maximum absolute atomic E-state index is 13.6. The molecule has 1 saturated heterocycles. The highest BCUT2D eigenvalue weighted by Crippen LogP contribution is 2.38. The van der Waals surface area contributed by atoms with Crippen LogP contribution in [0.15, 0.2) is 18.2 Å². The quantitative estimate of drug-likeness (QED) is 0.766. The molecule has 0 atom stereocenters. The molecule has 0 radical (unpaired) electrons. The van der Waals surface area contributed by atoms with Gasteiger partial charge in [0, 0.05) is 23.3 Å². The summed E-state index contributed by atoms with van der Waals surface area (Å²) < 4.78 is 28.1. The smallest absolute Gasteiger partial charge is 0.399 e. The Morgan fingerprint density at radius 3 is 2.52 bits per heavy atom. The standard InChI is InChI=1S/C18H21BClFN2O2/c1-17(2)18(3,4)25-19(24-17)15-14-6-5-9-23(14)22-16(15)11-7-8-13(21)12(20)10-11/h7-8,10H,5-6,9H2,1-4H3. The molecule has 132 valence electrons. The summed E-state index contributed by atoms with van der Waals surface area (Å²) in [7, 11) is -0.495. The monoisotopic (exact) mass is 362 g/mol. The molecule has 4 rings (SSSR count). The second-order valence-electron chi connectivity index (χ2n) is 7.75. The van der Waals surface area contributed by atoms with Crippen molar-refractivity contribution in [3.05, 3.63) is 34.7 Å². The molecule has 1 aromatic carbocycles. The van der Waals surface area contributed by atoms with Crippen molar-refractivity contribution in [1.29, 1.82) is 0 Å². The minimum absolute atomic E-state index is 0.0885. The third kappa shape index (κ3) is 2.62. The SMILES string of the molecule is CC1(C)OB(c2c(-c3ccc(F)c(Cl)c3)nn3c2CCC3)OC1(C)C. The fraction of sp³-hybridized carbons (Fsp3) is 0.500. The average molecular weight is 363 g/mol. The highest BCUT2D eigenvalue weighted by molar-refractivity contribution is 6.64. The van der Waals surface area contributed by atoms with E-state index in [1.807, 2.05) is 32.4 Å². The van der Waals surface area contributed by atoms with Crippen LogP contribution in [-0.4, -0.2) is 28.1 Å². The lowest BCUT2D eigenvalue weighted by Crippen LogP contribution is -2.41. The molecule has 2 aromatic rings. The molecular weight excluding hydrogens is 341 g/mol. The van der Waals surface area contributed by atoms with Crippen molar-refractivity contribution in [2.45, 2.75) is 58.3 Å². The topological polar surface area (TPSA) is 36.3 Å². The molecule has 0 bridgehead atoms. The molecule has 1 fully saturated rings. The van der Waals surface area contributed by atoms with Gasteiger partial charge in [-0.3, -0.25) is 4.68 Å². The molecule has 0 saturated carbocycles. The van der Waals surface area contributed by atoms with E-state index in [0.717, 1.165) is 41.8 Å². The van der Waals surface area contributed by atoms with Gasteiger partial charge in [0.2, 0.25) is 0 Å². The highest BCUT2D eigenvalue weighted by Gasteiger charge is 2.53. The molecule has 0 unspecified atom stereocenters. The summed E-state index contributed by atoms with van der Waals surface area (Å²) in [5.41, 5.74) is 2.76. The molecular formula is C18H21BClFN2O2. The Morgan fingerprint density at radius 1 is 1.20 bits per heavy atom. The largest absolute Gasteiger partial charge is 0.499 e. The van der Waals surface area contributed by atoms with E-state index in [1.54, 1.807) is 12.1 Å². The van der Waals surface area contributed by atoms with Gasteiger partial charge in [-0.05, 0) is 58.7 Å². The van der Waals surface area contributed by atoms with Crippen LogP contribution >= 0.6 is 11.6 Å². The molecule has 1 aromatic heterocycles. The van der Waals surface area contributed by atoms with Crippen molar-refractivity contribution in [2.75, 3.05) is 0 Å². The van der Waals surface area contributed by atoms with Gasteiger partial charge in [0.1, 0.15) is 5.82 Å². The zero-order chi connectivity index (χ0) is 18.0. The van der Waals surface area contributed by atoms with Crippen molar-refractivity contribution in [2.24, 2.45) is 0 Å². The van der Waals surface area contributed by atoms with Crippen LogP contribution in [0.25, 0.3) is 11.3 Å². The van der Waals surface area contributed by atoms with E-state index >= 15 is 0 Å². The fourth-order valence-electron chi connectivity index (χ4n) is 3.42. The lowest BCUT2D eigenvalue weighted by atomic mass is 9.75. The van der Waals surface area contributed by atoms with Gasteiger partial charge in [-0.25, -0.2) is 4.39 Å². The molecule has 2 aliphatic rings. The van der Waals surface area contributed by atoms with E-state index < -0.39 is 24.1 Å². The molecule has 7 heteroatoms. The number of halogens is 2. The highest BCUT2D eigenvalue weighted by atomic mass is 35.5. The fourth-order valence-corrected chi connectivity index (χ4v) is 3.60. The van der Waals surface area contributed by atoms with Crippen LogP contribution in [-0.2, 0) is 22.3 Å². The van der Waals surface area contributed by atoms with Gasteiger partial charge in [-0.1, -0.05) is 11.6 Å². The maximum Gasteiger partial charge on any atom is 0.499 e. The lowest BCUT2D eigenvalue weighted by Gasteiger charge is -2.32. The first-order valence-electron chi connectivity index (χ1n) is 8.60. The first-order chi connectivity index (χ1) is 11.7. The summed E-state index contributed by atoms with van der Waals surface area (Å²) in [6, 6.07) is 4.69. The number of rotatable bonds is 2. The third-order valence-electron chi connectivity index (χ3n) is 5.56. The number of aromatic nitrogens is 2. The number of aryl methyl sites for hydroxylation is 1. The van der Waals surface area contributed by atoms with Crippen molar-refractivity contribution in [3.63, 3.8) is 0 Å². The number of nitrogens with zero attached hydrogens (tertiary/aromatic N) is 2. The molecule has 25 heavy (non-hydrogen) atoms. The lowest BCUT2D eigenvalue weighted by molar-refractivity contribution is 0.00578. The van der Waals surface area contributed by atoms with Crippen LogP contribution in [0.5, 0.6) is 0 Å². The van der Waals surface area contributed by atoms with Crippen LogP contribution in [0.4, 0.5) is 4.39 Å². The summed E-state index contributed by atoms with van der Waals surface area (Å²) in [4.78, 5) is 0. The third-order valence-corrected chi connectivity index (χ3v) is 5.85. The number of hydrogen-bond acceptors (Lipinski definition) is 3. The molecule has 3 heterocycles. The van der Waals surface area contributed by atoms with Crippen LogP contribution in [0.3, 0.4) is 0 Å². The van der Waals surface area contributed by atoms with Gasteiger partial charge in [0.15, 0.2) is 0 Å².